The summed E-state index contributed by atoms with van der Waals surface area (Å²) in [4.78, 5) is 2.32. The number of aryl methyl sites for hydroxylation is 3. The number of benzene rings is 1. The second kappa shape index (κ2) is 5.60. The average Bonchev–Trinajstić information content (AvgIpc) is 3.08. The molecule has 2 heterocycles. The van der Waals surface area contributed by atoms with Crippen molar-refractivity contribution in [3.63, 3.8) is 0 Å². The zero-order chi connectivity index (χ0) is 16.0. The van der Waals surface area contributed by atoms with Gasteiger partial charge in [0, 0.05) is 29.1 Å². The van der Waals surface area contributed by atoms with Gasteiger partial charge in [-0.2, -0.15) is 0 Å². The first kappa shape index (κ1) is 15.4. The van der Waals surface area contributed by atoms with Crippen LogP contribution >= 0.6 is 0 Å². The molecule has 4 nitrogen and oxygen atoms in total. The van der Waals surface area contributed by atoms with E-state index in [0.29, 0.717) is 5.75 Å². The van der Waals surface area contributed by atoms with E-state index < -0.39 is 0 Å². The Balaban J connectivity index is 2.12. The second-order valence-corrected chi connectivity index (χ2v) is 6.51. The maximum atomic E-state index is 10.4. The lowest BCUT2D eigenvalue weighted by atomic mass is 9.97. The minimum Gasteiger partial charge on any atom is -0.507 e. The number of aliphatic hydroxyl groups is 1. The predicted octanol–water partition coefficient (Wildman–Crippen LogP) is 3.33. The number of fused-ring (bicyclic) bond motifs is 1. The van der Waals surface area contributed by atoms with E-state index in [1.807, 2.05) is 27.7 Å². The van der Waals surface area contributed by atoms with Crippen LogP contribution in [0.1, 0.15) is 40.9 Å². The Kier molecular flexibility index (Phi) is 3.91. The largest absolute Gasteiger partial charge is 0.507 e. The molecular weight excluding hydrogens is 278 g/mol. The number of aliphatic hydroxyl groups excluding tert-OH is 1. The van der Waals surface area contributed by atoms with Gasteiger partial charge in [0.1, 0.15) is 17.1 Å². The average molecular weight is 303 g/mol. The summed E-state index contributed by atoms with van der Waals surface area (Å²) in [7, 11) is 0. The minimum absolute atomic E-state index is 0.206. The molecule has 1 aromatic carbocycles. The fourth-order valence-electron chi connectivity index (χ4n) is 3.69. The van der Waals surface area contributed by atoms with Gasteiger partial charge in [-0.15, -0.1) is 0 Å². The second-order valence-electron chi connectivity index (χ2n) is 6.51. The summed E-state index contributed by atoms with van der Waals surface area (Å²) in [6.07, 6.45) is 2.18. The zero-order valence-corrected chi connectivity index (χ0v) is 13.9. The first-order valence-electron chi connectivity index (χ1n) is 8.01. The molecule has 22 heavy (non-hydrogen) atoms. The summed E-state index contributed by atoms with van der Waals surface area (Å²) < 4.78 is 6.03. The van der Waals surface area contributed by atoms with Gasteiger partial charge in [0.2, 0.25) is 0 Å². The van der Waals surface area contributed by atoms with E-state index in [0.717, 1.165) is 64.9 Å². The molecule has 1 aliphatic heterocycles. The number of phenolic OH excluding ortho intramolecular Hbond substituents is 1. The fraction of sp³-hybridized carbons (Fsp3) is 0.556. The van der Waals surface area contributed by atoms with Crippen molar-refractivity contribution in [2.24, 2.45) is 0 Å². The molecule has 0 unspecified atom stereocenters. The maximum absolute atomic E-state index is 10.4. The number of hydrogen-bond acceptors (Lipinski definition) is 4. The standard InChI is InChI=1S/C18H25NO3/c1-10-11(2)18-16(12(3)17(10)21)15(13(4)22-18)8-19-7-5-6-14(19)9-20/h14,20-21H,5-9H2,1-4H3/t14-/m0/s1. The van der Waals surface area contributed by atoms with Crippen molar-refractivity contribution in [2.45, 2.75) is 53.1 Å². The molecule has 0 amide bonds. The highest BCUT2D eigenvalue weighted by Gasteiger charge is 2.27. The summed E-state index contributed by atoms with van der Waals surface area (Å²) >= 11 is 0. The fourth-order valence-corrected chi connectivity index (χ4v) is 3.69. The highest BCUT2D eigenvalue weighted by Crippen LogP contribution is 2.39. The van der Waals surface area contributed by atoms with Gasteiger partial charge in [0.15, 0.2) is 0 Å². The van der Waals surface area contributed by atoms with Crippen LogP contribution in [0, 0.1) is 27.7 Å². The Morgan fingerprint density at radius 3 is 2.55 bits per heavy atom. The summed E-state index contributed by atoms with van der Waals surface area (Å²) in [5.41, 5.74) is 4.82. The lowest BCUT2D eigenvalue weighted by Crippen LogP contribution is -2.31. The van der Waals surface area contributed by atoms with Crippen LogP contribution in [-0.4, -0.2) is 34.3 Å². The monoisotopic (exact) mass is 303 g/mol. The third-order valence-corrected chi connectivity index (χ3v) is 5.27. The van der Waals surface area contributed by atoms with Crippen molar-refractivity contribution in [1.29, 1.82) is 0 Å². The summed E-state index contributed by atoms with van der Waals surface area (Å²) in [6, 6.07) is 0.241. The number of likely N-dealkylation sites (tertiary alicyclic amines) is 1. The van der Waals surface area contributed by atoms with Crippen LogP contribution in [0.3, 0.4) is 0 Å². The highest BCUT2D eigenvalue weighted by atomic mass is 16.3. The van der Waals surface area contributed by atoms with E-state index in [1.54, 1.807) is 0 Å². The summed E-state index contributed by atoms with van der Waals surface area (Å²) in [6.45, 7) is 9.85. The predicted molar refractivity (Wildman–Crippen MR) is 87.3 cm³/mol. The lowest BCUT2D eigenvalue weighted by Gasteiger charge is -2.22. The molecule has 0 bridgehead atoms. The van der Waals surface area contributed by atoms with Crippen LogP contribution in [0.5, 0.6) is 5.75 Å². The Hall–Kier alpha value is -1.52. The van der Waals surface area contributed by atoms with Gasteiger partial charge in [0.25, 0.3) is 0 Å². The third kappa shape index (κ3) is 2.22. The molecule has 0 spiro atoms. The van der Waals surface area contributed by atoms with E-state index in [1.165, 1.54) is 0 Å². The SMILES string of the molecule is Cc1oc2c(C)c(C)c(O)c(C)c2c1CN1CCC[C@H]1CO. The van der Waals surface area contributed by atoms with Crippen molar-refractivity contribution < 1.29 is 14.6 Å². The van der Waals surface area contributed by atoms with Crippen molar-refractivity contribution >= 4 is 11.0 Å². The minimum atomic E-state index is 0.206. The first-order valence-corrected chi connectivity index (χ1v) is 8.01. The molecule has 1 atom stereocenters. The Labute approximate surface area is 131 Å². The number of rotatable bonds is 3. The molecule has 0 aliphatic carbocycles. The van der Waals surface area contributed by atoms with E-state index in [4.69, 9.17) is 4.42 Å². The molecule has 2 aromatic rings. The van der Waals surface area contributed by atoms with Gasteiger partial charge in [-0.05, 0) is 58.2 Å². The van der Waals surface area contributed by atoms with Crippen LogP contribution in [0.2, 0.25) is 0 Å². The van der Waals surface area contributed by atoms with E-state index >= 15 is 0 Å². The van der Waals surface area contributed by atoms with E-state index in [9.17, 15) is 10.2 Å². The van der Waals surface area contributed by atoms with E-state index in [2.05, 4.69) is 4.90 Å². The van der Waals surface area contributed by atoms with Gasteiger partial charge >= 0.3 is 0 Å². The molecule has 1 aliphatic rings. The molecule has 0 saturated carbocycles. The molecule has 1 fully saturated rings. The van der Waals surface area contributed by atoms with Gasteiger partial charge < -0.3 is 14.6 Å². The maximum Gasteiger partial charge on any atom is 0.138 e. The molecule has 3 rings (SSSR count). The van der Waals surface area contributed by atoms with Crippen molar-refractivity contribution in [3.8, 4) is 5.75 Å². The molecule has 0 radical (unpaired) electrons. The van der Waals surface area contributed by atoms with Crippen molar-refractivity contribution in [3.05, 3.63) is 28.0 Å². The Morgan fingerprint density at radius 1 is 1.14 bits per heavy atom. The van der Waals surface area contributed by atoms with Crippen LogP contribution in [0.15, 0.2) is 4.42 Å². The number of phenols is 1. The number of aromatic hydroxyl groups is 1. The Morgan fingerprint density at radius 2 is 1.86 bits per heavy atom. The van der Waals surface area contributed by atoms with Crippen molar-refractivity contribution in [2.75, 3.05) is 13.2 Å². The topological polar surface area (TPSA) is 56.8 Å². The van der Waals surface area contributed by atoms with Gasteiger partial charge in [-0.25, -0.2) is 0 Å². The Bertz CT molecular complexity index is 717. The first-order chi connectivity index (χ1) is 10.5. The van der Waals surface area contributed by atoms with Crippen LogP contribution in [0.4, 0.5) is 0 Å². The normalized spacial score (nSPS) is 19.4. The van der Waals surface area contributed by atoms with Crippen LogP contribution in [0.25, 0.3) is 11.0 Å². The molecule has 120 valence electrons. The molecular formula is C18H25NO3. The molecule has 1 saturated heterocycles. The van der Waals surface area contributed by atoms with Gasteiger partial charge in [0.05, 0.1) is 6.61 Å². The van der Waals surface area contributed by atoms with E-state index in [-0.39, 0.29) is 12.6 Å². The summed E-state index contributed by atoms with van der Waals surface area (Å²) in [5, 5.41) is 20.9. The van der Waals surface area contributed by atoms with Gasteiger partial charge in [-0.1, -0.05) is 0 Å². The zero-order valence-electron chi connectivity index (χ0n) is 13.9. The molecule has 2 N–H and O–H groups in total. The molecule has 1 aromatic heterocycles. The van der Waals surface area contributed by atoms with Gasteiger partial charge in [-0.3, -0.25) is 4.90 Å². The highest BCUT2D eigenvalue weighted by molar-refractivity contribution is 5.91. The smallest absolute Gasteiger partial charge is 0.138 e. The molecule has 4 heteroatoms. The third-order valence-electron chi connectivity index (χ3n) is 5.27. The summed E-state index contributed by atoms with van der Waals surface area (Å²) in [5.74, 6) is 1.28. The van der Waals surface area contributed by atoms with Crippen LogP contribution < -0.4 is 0 Å². The van der Waals surface area contributed by atoms with Crippen molar-refractivity contribution in [1.82, 2.24) is 4.90 Å². The number of hydrogen-bond donors (Lipinski definition) is 2. The quantitative estimate of drug-likeness (QED) is 0.913. The number of furan rings is 1. The van der Waals surface area contributed by atoms with Crippen LogP contribution in [-0.2, 0) is 6.54 Å². The lowest BCUT2D eigenvalue weighted by molar-refractivity contribution is 0.153. The number of nitrogens with zero attached hydrogens (tertiary/aromatic N) is 1.